The van der Waals surface area contributed by atoms with Crippen LogP contribution in [0.2, 0.25) is 0 Å². The molecule has 0 radical (unpaired) electrons. The average Bonchev–Trinajstić information content (AvgIpc) is 2.82. The average molecular weight is 335 g/mol. The van der Waals surface area contributed by atoms with Crippen molar-refractivity contribution < 1.29 is 9.32 Å². The van der Waals surface area contributed by atoms with Crippen molar-refractivity contribution in [3.8, 4) is 0 Å². The summed E-state index contributed by atoms with van der Waals surface area (Å²) in [5.41, 5.74) is 2.63. The monoisotopic (exact) mass is 334 g/mol. The smallest absolute Gasteiger partial charge is 0.258 e. The van der Waals surface area contributed by atoms with Crippen LogP contribution in [0.5, 0.6) is 0 Å². The first-order valence-electron chi connectivity index (χ1n) is 6.68. The minimum atomic E-state index is -0.172. The molecular formula is C15H15BrN2O2. The molecule has 1 N–H and O–H groups in total. The van der Waals surface area contributed by atoms with Crippen molar-refractivity contribution in [2.45, 2.75) is 26.2 Å². The molecule has 5 heteroatoms. The molecule has 0 aliphatic heterocycles. The van der Waals surface area contributed by atoms with Gasteiger partial charge in [-0.15, -0.1) is 0 Å². The van der Waals surface area contributed by atoms with Crippen LogP contribution < -0.4 is 5.32 Å². The van der Waals surface area contributed by atoms with Crippen LogP contribution in [0, 0.1) is 5.92 Å². The Morgan fingerprint density at radius 1 is 1.40 bits per heavy atom. The maximum absolute atomic E-state index is 12.2. The summed E-state index contributed by atoms with van der Waals surface area (Å²) in [6.45, 7) is 2.20. The Bertz CT molecular complexity index is 634. The molecule has 1 amide bonds. The first-order chi connectivity index (χ1) is 9.63. The lowest BCUT2D eigenvalue weighted by molar-refractivity contribution is 0.102. The number of anilines is 1. The van der Waals surface area contributed by atoms with Crippen LogP contribution in [0.25, 0.3) is 0 Å². The van der Waals surface area contributed by atoms with Crippen LogP contribution in [0.3, 0.4) is 0 Å². The van der Waals surface area contributed by atoms with Crippen molar-refractivity contribution in [1.29, 1.82) is 0 Å². The molecule has 1 aliphatic carbocycles. The summed E-state index contributed by atoms with van der Waals surface area (Å²) in [6, 6.07) is 7.22. The molecule has 104 valence electrons. The molecular weight excluding hydrogens is 320 g/mol. The number of hydrogen-bond acceptors (Lipinski definition) is 3. The van der Waals surface area contributed by atoms with E-state index in [1.54, 1.807) is 12.1 Å². The fourth-order valence-electron chi connectivity index (χ4n) is 2.46. The molecule has 1 heterocycles. The van der Waals surface area contributed by atoms with E-state index in [9.17, 15) is 4.79 Å². The van der Waals surface area contributed by atoms with Crippen LogP contribution in [-0.2, 0) is 12.8 Å². The highest BCUT2D eigenvalue weighted by Gasteiger charge is 2.24. The van der Waals surface area contributed by atoms with E-state index in [1.165, 1.54) is 0 Å². The van der Waals surface area contributed by atoms with E-state index in [4.69, 9.17) is 4.52 Å². The molecule has 4 nitrogen and oxygen atoms in total. The van der Waals surface area contributed by atoms with Gasteiger partial charge >= 0.3 is 0 Å². The Morgan fingerprint density at radius 3 is 2.90 bits per heavy atom. The summed E-state index contributed by atoms with van der Waals surface area (Å²) >= 11 is 3.35. The topological polar surface area (TPSA) is 55.1 Å². The standard InChI is InChI=1S/C15H15BrN2O2/c1-9-2-7-13-12(8-9)15(20-18-13)17-14(19)10-3-5-11(16)6-4-10/h3-6,9H,2,7-8H2,1H3,(H,17,19)/t9-/m0/s1. The van der Waals surface area contributed by atoms with Gasteiger partial charge in [0, 0.05) is 15.6 Å². The van der Waals surface area contributed by atoms with E-state index in [2.05, 4.69) is 33.3 Å². The largest absolute Gasteiger partial charge is 0.338 e. The van der Waals surface area contributed by atoms with Crippen LogP contribution >= 0.6 is 15.9 Å². The Balaban J connectivity index is 1.80. The van der Waals surface area contributed by atoms with E-state index in [0.717, 1.165) is 35.0 Å². The molecule has 3 rings (SSSR count). The molecule has 0 spiro atoms. The molecule has 0 saturated heterocycles. The third-order valence-corrected chi connectivity index (χ3v) is 4.16. The second-order valence-corrected chi connectivity index (χ2v) is 6.16. The van der Waals surface area contributed by atoms with Gasteiger partial charge in [-0.2, -0.15) is 0 Å². The maximum Gasteiger partial charge on any atom is 0.258 e. The van der Waals surface area contributed by atoms with Crippen molar-refractivity contribution in [3.05, 3.63) is 45.6 Å². The summed E-state index contributed by atoms with van der Waals surface area (Å²) in [6.07, 6.45) is 2.96. The number of carbonyl (C=O) groups excluding carboxylic acids is 1. The summed E-state index contributed by atoms with van der Waals surface area (Å²) in [4.78, 5) is 12.2. The number of nitrogens with one attached hydrogen (secondary N) is 1. The van der Waals surface area contributed by atoms with Crippen molar-refractivity contribution >= 4 is 27.7 Å². The molecule has 0 unspecified atom stereocenters. The van der Waals surface area contributed by atoms with E-state index in [1.807, 2.05) is 12.1 Å². The van der Waals surface area contributed by atoms with E-state index < -0.39 is 0 Å². The number of rotatable bonds is 2. The number of nitrogens with zero attached hydrogens (tertiary/aromatic N) is 1. The molecule has 0 fully saturated rings. The predicted octanol–water partition coefficient (Wildman–Crippen LogP) is 3.81. The number of carbonyl (C=O) groups is 1. The van der Waals surface area contributed by atoms with Crippen LogP contribution in [0.4, 0.5) is 5.88 Å². The second-order valence-electron chi connectivity index (χ2n) is 5.25. The fourth-order valence-corrected chi connectivity index (χ4v) is 2.72. The predicted molar refractivity (Wildman–Crippen MR) is 79.8 cm³/mol. The summed E-state index contributed by atoms with van der Waals surface area (Å²) in [5.74, 6) is 0.930. The zero-order valence-corrected chi connectivity index (χ0v) is 12.7. The number of fused-ring (bicyclic) bond motifs is 1. The van der Waals surface area contributed by atoms with E-state index >= 15 is 0 Å². The number of aryl methyl sites for hydroxylation is 1. The van der Waals surface area contributed by atoms with Crippen LogP contribution in [-0.4, -0.2) is 11.1 Å². The molecule has 0 bridgehead atoms. The van der Waals surface area contributed by atoms with Gasteiger partial charge in [-0.3, -0.25) is 10.1 Å². The van der Waals surface area contributed by atoms with Gasteiger partial charge in [0.2, 0.25) is 5.88 Å². The SMILES string of the molecule is C[C@H]1CCc2noc(NC(=O)c3ccc(Br)cc3)c2C1. The lowest BCUT2D eigenvalue weighted by Gasteiger charge is -2.16. The first kappa shape index (κ1) is 13.4. The third-order valence-electron chi connectivity index (χ3n) is 3.63. The van der Waals surface area contributed by atoms with Gasteiger partial charge in [-0.1, -0.05) is 28.0 Å². The minimum Gasteiger partial charge on any atom is -0.338 e. The molecule has 1 aliphatic rings. The zero-order chi connectivity index (χ0) is 14.1. The van der Waals surface area contributed by atoms with Gasteiger partial charge in [-0.05, 0) is 49.4 Å². The van der Waals surface area contributed by atoms with Crippen molar-refractivity contribution in [2.75, 3.05) is 5.32 Å². The Hall–Kier alpha value is -1.62. The molecule has 0 saturated carbocycles. The molecule has 1 atom stereocenters. The highest BCUT2D eigenvalue weighted by atomic mass is 79.9. The highest BCUT2D eigenvalue weighted by Crippen LogP contribution is 2.30. The van der Waals surface area contributed by atoms with Crippen LogP contribution in [0.15, 0.2) is 33.3 Å². The minimum absolute atomic E-state index is 0.172. The van der Waals surface area contributed by atoms with Crippen molar-refractivity contribution in [3.63, 3.8) is 0 Å². The Kier molecular flexibility index (Phi) is 3.61. The maximum atomic E-state index is 12.2. The molecule has 2 aromatic rings. The number of hydrogen-bond donors (Lipinski definition) is 1. The number of halogens is 1. The van der Waals surface area contributed by atoms with Gasteiger partial charge in [0.25, 0.3) is 5.91 Å². The Morgan fingerprint density at radius 2 is 2.15 bits per heavy atom. The van der Waals surface area contributed by atoms with Gasteiger partial charge in [-0.25, -0.2) is 0 Å². The molecule has 1 aromatic carbocycles. The zero-order valence-electron chi connectivity index (χ0n) is 11.1. The summed E-state index contributed by atoms with van der Waals surface area (Å²) in [7, 11) is 0. The van der Waals surface area contributed by atoms with Gasteiger partial charge < -0.3 is 4.52 Å². The fraction of sp³-hybridized carbons (Fsp3) is 0.333. The van der Waals surface area contributed by atoms with Gasteiger partial charge in [0.15, 0.2) is 0 Å². The van der Waals surface area contributed by atoms with Crippen molar-refractivity contribution in [1.82, 2.24) is 5.16 Å². The molecule has 20 heavy (non-hydrogen) atoms. The van der Waals surface area contributed by atoms with Crippen LogP contribution in [0.1, 0.15) is 35.0 Å². The molecule has 1 aromatic heterocycles. The van der Waals surface area contributed by atoms with E-state index in [-0.39, 0.29) is 5.91 Å². The quantitative estimate of drug-likeness (QED) is 0.908. The third kappa shape index (κ3) is 2.63. The first-order valence-corrected chi connectivity index (χ1v) is 7.47. The van der Waals surface area contributed by atoms with Gasteiger partial charge in [0.05, 0.1) is 5.69 Å². The Labute approximate surface area is 125 Å². The number of benzene rings is 1. The highest BCUT2D eigenvalue weighted by molar-refractivity contribution is 9.10. The van der Waals surface area contributed by atoms with Crippen molar-refractivity contribution in [2.24, 2.45) is 5.92 Å². The number of amides is 1. The summed E-state index contributed by atoms with van der Waals surface area (Å²) < 4.78 is 6.23. The van der Waals surface area contributed by atoms with E-state index in [0.29, 0.717) is 17.4 Å². The summed E-state index contributed by atoms with van der Waals surface area (Å²) in [5, 5.41) is 6.88. The lowest BCUT2D eigenvalue weighted by atomic mass is 9.89. The lowest BCUT2D eigenvalue weighted by Crippen LogP contribution is -2.15. The second kappa shape index (κ2) is 5.40. The van der Waals surface area contributed by atoms with Gasteiger partial charge in [0.1, 0.15) is 0 Å². The normalized spacial score (nSPS) is 17.6. The number of aromatic nitrogens is 1.